The Kier molecular flexibility index (Phi) is 4.01. The first-order valence-electron chi connectivity index (χ1n) is 5.86. The number of nitriles is 1. The van der Waals surface area contributed by atoms with Crippen molar-refractivity contribution in [3.63, 3.8) is 0 Å². The molecule has 0 aromatic carbocycles. The first-order valence-corrected chi connectivity index (χ1v) is 5.86. The van der Waals surface area contributed by atoms with Gasteiger partial charge in [0.1, 0.15) is 30.7 Å². The number of imidazole rings is 1. The van der Waals surface area contributed by atoms with Crippen LogP contribution in [0.1, 0.15) is 18.8 Å². The van der Waals surface area contributed by atoms with Crippen LogP contribution in [-0.2, 0) is 9.53 Å². The van der Waals surface area contributed by atoms with Gasteiger partial charge in [0.25, 0.3) is 0 Å². The second-order valence-corrected chi connectivity index (χ2v) is 4.37. The first kappa shape index (κ1) is 14.4. The molecule has 1 fully saturated rings. The highest BCUT2D eigenvalue weighted by molar-refractivity contribution is 5.88. The Morgan fingerprint density at radius 1 is 1.60 bits per heavy atom. The van der Waals surface area contributed by atoms with E-state index in [9.17, 15) is 15.0 Å². The predicted molar refractivity (Wildman–Crippen MR) is 64.3 cm³/mol. The van der Waals surface area contributed by atoms with Gasteiger partial charge in [0.05, 0.1) is 6.61 Å². The maximum Gasteiger partial charge on any atom is 0.222 e. The molecule has 1 saturated heterocycles. The second-order valence-electron chi connectivity index (χ2n) is 4.37. The Balaban J connectivity index is 2.36. The minimum atomic E-state index is -1.32. The number of aliphatic hydroxyl groups excluding tert-OH is 3. The number of aromatic nitrogens is 2. The number of carbonyl (C=O) groups is 1. The van der Waals surface area contributed by atoms with Gasteiger partial charge in [-0.15, -0.1) is 0 Å². The van der Waals surface area contributed by atoms with E-state index in [4.69, 9.17) is 15.1 Å². The molecule has 0 radical (unpaired) electrons. The molecule has 108 valence electrons. The molecule has 1 aliphatic heterocycles. The Hall–Kier alpha value is -1.99. The molecule has 20 heavy (non-hydrogen) atoms. The maximum absolute atomic E-state index is 11.2. The normalized spacial score (nSPS) is 29.1. The van der Waals surface area contributed by atoms with E-state index in [1.165, 1.54) is 17.8 Å². The zero-order valence-electron chi connectivity index (χ0n) is 10.6. The molecule has 0 saturated carbocycles. The van der Waals surface area contributed by atoms with Crippen LogP contribution >= 0.6 is 0 Å². The summed E-state index contributed by atoms with van der Waals surface area (Å²) in [7, 11) is 0. The second kappa shape index (κ2) is 5.56. The van der Waals surface area contributed by atoms with Crippen molar-refractivity contribution in [3.8, 4) is 6.07 Å². The summed E-state index contributed by atoms with van der Waals surface area (Å²) in [4.78, 5) is 15.0. The van der Waals surface area contributed by atoms with E-state index < -0.39 is 37.1 Å². The molecule has 0 aliphatic carbocycles. The third-order valence-corrected chi connectivity index (χ3v) is 2.99. The lowest BCUT2D eigenvalue weighted by molar-refractivity contribution is -0.114. The van der Waals surface area contributed by atoms with E-state index in [0.29, 0.717) is 0 Å². The average molecular weight is 282 g/mol. The van der Waals surface area contributed by atoms with Gasteiger partial charge in [-0.3, -0.25) is 9.36 Å². The summed E-state index contributed by atoms with van der Waals surface area (Å²) in [6, 6.07) is 1.80. The summed E-state index contributed by atoms with van der Waals surface area (Å²) in [5, 5.41) is 40.0. The van der Waals surface area contributed by atoms with Gasteiger partial charge >= 0.3 is 0 Å². The van der Waals surface area contributed by atoms with Crippen LogP contribution < -0.4 is 5.32 Å². The van der Waals surface area contributed by atoms with Gasteiger partial charge < -0.3 is 25.4 Å². The van der Waals surface area contributed by atoms with Crippen LogP contribution in [0.2, 0.25) is 0 Å². The van der Waals surface area contributed by atoms with Crippen molar-refractivity contribution in [2.24, 2.45) is 0 Å². The monoisotopic (exact) mass is 282 g/mol. The fourth-order valence-corrected chi connectivity index (χ4v) is 2.04. The van der Waals surface area contributed by atoms with Gasteiger partial charge in [0.15, 0.2) is 17.7 Å². The summed E-state index contributed by atoms with van der Waals surface area (Å²) in [6.07, 6.45) is -3.39. The van der Waals surface area contributed by atoms with Crippen molar-refractivity contribution in [1.29, 1.82) is 5.26 Å². The number of amides is 1. The number of nitrogens with zero attached hydrogens (tertiary/aromatic N) is 3. The van der Waals surface area contributed by atoms with Crippen LogP contribution in [0.5, 0.6) is 0 Å². The number of carbonyl (C=O) groups excluding carboxylic acids is 1. The molecule has 0 bridgehead atoms. The highest BCUT2D eigenvalue weighted by Gasteiger charge is 2.44. The largest absolute Gasteiger partial charge is 0.394 e. The summed E-state index contributed by atoms with van der Waals surface area (Å²) < 4.78 is 6.55. The van der Waals surface area contributed by atoms with Gasteiger partial charge in [0.2, 0.25) is 5.91 Å². The van der Waals surface area contributed by atoms with Crippen molar-refractivity contribution in [2.45, 2.75) is 31.5 Å². The summed E-state index contributed by atoms with van der Waals surface area (Å²) in [5.41, 5.74) is -0.0436. The van der Waals surface area contributed by atoms with E-state index in [1.54, 1.807) is 6.07 Å². The lowest BCUT2D eigenvalue weighted by Gasteiger charge is -2.18. The molecule has 0 unspecified atom stereocenters. The number of hydrogen-bond donors (Lipinski definition) is 4. The van der Waals surface area contributed by atoms with Crippen LogP contribution in [0.25, 0.3) is 0 Å². The van der Waals surface area contributed by atoms with Crippen LogP contribution in [0.3, 0.4) is 0 Å². The van der Waals surface area contributed by atoms with Gasteiger partial charge in [0, 0.05) is 6.92 Å². The van der Waals surface area contributed by atoms with Crippen molar-refractivity contribution in [1.82, 2.24) is 9.55 Å². The number of ether oxygens (including phenoxy) is 1. The fraction of sp³-hybridized carbons (Fsp3) is 0.545. The molecule has 1 amide bonds. The standard InChI is InChI=1S/C11H14N4O5/c1-5(17)14-10-6(2-12)13-4-15(10)11-9(19)8(18)7(3-16)20-11/h4,7-9,11,16,18-19H,3H2,1H3,(H,14,17)/t7-,8+,9-,11+/m0/s1. The van der Waals surface area contributed by atoms with Crippen LogP contribution in [0.15, 0.2) is 6.33 Å². The molecular weight excluding hydrogens is 268 g/mol. The number of rotatable bonds is 3. The van der Waals surface area contributed by atoms with Crippen molar-refractivity contribution < 1.29 is 24.9 Å². The molecule has 0 spiro atoms. The first-order chi connectivity index (χ1) is 9.49. The molecule has 2 rings (SSSR count). The molecule has 1 aromatic heterocycles. The highest BCUT2D eigenvalue weighted by atomic mass is 16.6. The fourth-order valence-electron chi connectivity index (χ4n) is 2.04. The third kappa shape index (κ3) is 2.37. The number of hydrogen-bond acceptors (Lipinski definition) is 7. The van der Waals surface area contributed by atoms with Gasteiger partial charge in [-0.05, 0) is 0 Å². The zero-order chi connectivity index (χ0) is 14.9. The van der Waals surface area contributed by atoms with Crippen molar-refractivity contribution in [3.05, 3.63) is 12.0 Å². The Morgan fingerprint density at radius 2 is 2.30 bits per heavy atom. The maximum atomic E-state index is 11.2. The van der Waals surface area contributed by atoms with E-state index in [1.807, 2.05) is 0 Å². The molecule has 4 N–H and O–H groups in total. The van der Waals surface area contributed by atoms with E-state index in [2.05, 4.69) is 10.3 Å². The van der Waals surface area contributed by atoms with Crippen LogP contribution in [-0.4, -0.2) is 55.7 Å². The highest BCUT2D eigenvalue weighted by Crippen LogP contribution is 2.32. The minimum Gasteiger partial charge on any atom is -0.394 e. The Bertz CT molecular complexity index is 551. The molecule has 1 aromatic rings. The number of aliphatic hydroxyl groups is 3. The van der Waals surface area contributed by atoms with Gasteiger partial charge in [-0.2, -0.15) is 5.26 Å². The lowest BCUT2D eigenvalue weighted by Crippen LogP contribution is -2.33. The molecule has 9 heteroatoms. The van der Waals surface area contributed by atoms with Crippen LogP contribution in [0, 0.1) is 11.3 Å². The van der Waals surface area contributed by atoms with E-state index in [-0.39, 0.29) is 11.5 Å². The Labute approximate surface area is 114 Å². The quantitative estimate of drug-likeness (QED) is 0.519. The molecule has 9 nitrogen and oxygen atoms in total. The topological polar surface area (TPSA) is 141 Å². The Morgan fingerprint density at radius 3 is 2.80 bits per heavy atom. The minimum absolute atomic E-state index is 0.0436. The van der Waals surface area contributed by atoms with Gasteiger partial charge in [-0.1, -0.05) is 0 Å². The average Bonchev–Trinajstić information content (AvgIpc) is 2.92. The SMILES string of the molecule is CC(=O)Nc1c(C#N)ncn1[C@@H]1O[C@@H](CO)[C@@H](O)[C@@H]1O. The number of nitrogens with one attached hydrogen (secondary N) is 1. The molecule has 1 aliphatic rings. The summed E-state index contributed by atoms with van der Waals surface area (Å²) >= 11 is 0. The van der Waals surface area contributed by atoms with E-state index >= 15 is 0 Å². The lowest BCUT2D eigenvalue weighted by atomic mass is 10.1. The zero-order valence-corrected chi connectivity index (χ0v) is 10.6. The number of anilines is 1. The molecular formula is C11H14N4O5. The summed E-state index contributed by atoms with van der Waals surface area (Å²) in [5.74, 6) is -0.357. The van der Waals surface area contributed by atoms with Gasteiger partial charge in [-0.25, -0.2) is 4.98 Å². The summed E-state index contributed by atoms with van der Waals surface area (Å²) in [6.45, 7) is 0.791. The van der Waals surface area contributed by atoms with Crippen molar-refractivity contribution >= 4 is 11.7 Å². The molecule has 2 heterocycles. The predicted octanol–water partition coefficient (Wildman–Crippen LogP) is -1.68. The third-order valence-electron chi connectivity index (χ3n) is 2.99. The smallest absolute Gasteiger partial charge is 0.222 e. The van der Waals surface area contributed by atoms with E-state index in [0.717, 1.165) is 0 Å². The van der Waals surface area contributed by atoms with Crippen LogP contribution in [0.4, 0.5) is 5.82 Å². The van der Waals surface area contributed by atoms with Crippen molar-refractivity contribution in [2.75, 3.05) is 11.9 Å². The molecule has 4 atom stereocenters.